The Balaban J connectivity index is 2.43. The van der Waals surface area contributed by atoms with Crippen molar-refractivity contribution in [1.29, 1.82) is 5.26 Å². The summed E-state index contributed by atoms with van der Waals surface area (Å²) in [7, 11) is 1.67. The van der Waals surface area contributed by atoms with Gasteiger partial charge in [-0.05, 0) is 24.1 Å². The number of azo groups is 1. The minimum Gasteiger partial charge on any atom is -0.396 e. The fourth-order valence-corrected chi connectivity index (χ4v) is 2.14. The average molecular weight is 343 g/mol. The zero-order valence-corrected chi connectivity index (χ0v) is 13.2. The van der Waals surface area contributed by atoms with Crippen LogP contribution in [0, 0.1) is 27.3 Å². The first-order valence-corrected chi connectivity index (χ1v) is 7.21. The van der Waals surface area contributed by atoms with Crippen molar-refractivity contribution in [2.45, 2.75) is 6.42 Å². The molecule has 2 N–H and O–H groups in total. The summed E-state index contributed by atoms with van der Waals surface area (Å²) in [4.78, 5) is 9.94. The van der Waals surface area contributed by atoms with E-state index in [1.807, 2.05) is 0 Å². The molecule has 0 amide bonds. The second-order valence-corrected chi connectivity index (χ2v) is 4.97. The molecule has 128 valence electrons. The number of nitriles is 1. The summed E-state index contributed by atoms with van der Waals surface area (Å²) in [5, 5.41) is 39.4. The first-order chi connectivity index (χ1) is 12.0. The van der Waals surface area contributed by atoms with Gasteiger partial charge < -0.3 is 10.4 Å². The number of anilines is 1. The summed E-state index contributed by atoms with van der Waals surface area (Å²) >= 11 is 0. The molecular weight excluding hydrogens is 329 g/mol. The Morgan fingerprint density at radius 3 is 2.72 bits per heavy atom. The molecule has 25 heavy (non-hydrogen) atoms. The van der Waals surface area contributed by atoms with E-state index in [1.54, 1.807) is 31.3 Å². The third kappa shape index (κ3) is 4.13. The largest absolute Gasteiger partial charge is 0.396 e. The molecule has 0 saturated heterocycles. The zero-order chi connectivity index (χ0) is 18.4. The van der Waals surface area contributed by atoms with E-state index in [1.165, 1.54) is 0 Å². The molecule has 0 aliphatic rings. The van der Waals surface area contributed by atoms with E-state index in [0.29, 0.717) is 23.9 Å². The quantitative estimate of drug-likeness (QED) is 0.471. The summed E-state index contributed by atoms with van der Waals surface area (Å²) < 4.78 is 14.1. The maximum absolute atomic E-state index is 14.1. The minimum absolute atomic E-state index is 0.00353. The van der Waals surface area contributed by atoms with Crippen molar-refractivity contribution in [2.75, 3.05) is 19.0 Å². The van der Waals surface area contributed by atoms with Crippen LogP contribution in [0.15, 0.2) is 40.6 Å². The van der Waals surface area contributed by atoms with Gasteiger partial charge in [0.05, 0.1) is 22.2 Å². The van der Waals surface area contributed by atoms with E-state index >= 15 is 0 Å². The number of non-ortho nitro benzene ring substituents is 1. The second kappa shape index (κ2) is 7.94. The lowest BCUT2D eigenvalue weighted by molar-refractivity contribution is -0.385. The number of hydrogen-bond donors (Lipinski definition) is 2. The maximum atomic E-state index is 14.1. The molecule has 8 nitrogen and oxygen atoms in total. The van der Waals surface area contributed by atoms with Gasteiger partial charge in [0.1, 0.15) is 17.4 Å². The lowest BCUT2D eigenvalue weighted by Gasteiger charge is -2.07. The van der Waals surface area contributed by atoms with Gasteiger partial charge in [0.25, 0.3) is 5.69 Å². The standard InChI is InChI=1S/C16H14FN5O3/c1-19-15-6-10(4-5-23)2-3-14(15)20-21-16-11(9-18)7-12(22(24)25)8-13(16)17/h2-3,6-8,19,23H,4-5H2,1H3. The predicted octanol–water partition coefficient (Wildman–Crippen LogP) is 3.60. The van der Waals surface area contributed by atoms with Gasteiger partial charge in [-0.3, -0.25) is 10.1 Å². The van der Waals surface area contributed by atoms with E-state index in [2.05, 4.69) is 15.5 Å². The number of nitro groups is 1. The average Bonchev–Trinajstić information content (AvgIpc) is 2.60. The number of aliphatic hydroxyl groups is 1. The summed E-state index contributed by atoms with van der Waals surface area (Å²) in [5.41, 5.74) is 0.705. The highest BCUT2D eigenvalue weighted by atomic mass is 19.1. The molecule has 0 saturated carbocycles. The Morgan fingerprint density at radius 2 is 2.12 bits per heavy atom. The molecule has 0 heterocycles. The number of nitro benzene ring substituents is 1. The van der Waals surface area contributed by atoms with Crippen molar-refractivity contribution >= 4 is 22.7 Å². The molecular formula is C16H14FN5O3. The van der Waals surface area contributed by atoms with E-state index < -0.39 is 16.4 Å². The van der Waals surface area contributed by atoms with E-state index in [9.17, 15) is 14.5 Å². The molecule has 0 unspecified atom stereocenters. The van der Waals surface area contributed by atoms with Gasteiger partial charge in [-0.25, -0.2) is 4.39 Å². The molecule has 2 aromatic rings. The molecule has 9 heteroatoms. The summed E-state index contributed by atoms with van der Waals surface area (Å²) in [6.45, 7) is 0.00353. The van der Waals surface area contributed by atoms with Crippen LogP contribution in [-0.4, -0.2) is 23.7 Å². The first kappa shape index (κ1) is 18.0. The third-order valence-electron chi connectivity index (χ3n) is 3.37. The Kier molecular flexibility index (Phi) is 5.71. The van der Waals surface area contributed by atoms with Crippen LogP contribution in [0.1, 0.15) is 11.1 Å². The predicted molar refractivity (Wildman–Crippen MR) is 88.7 cm³/mol. The number of rotatable bonds is 6. The maximum Gasteiger partial charge on any atom is 0.273 e. The molecule has 0 radical (unpaired) electrons. The molecule has 0 aromatic heterocycles. The van der Waals surface area contributed by atoms with Gasteiger partial charge in [0, 0.05) is 19.7 Å². The summed E-state index contributed by atoms with van der Waals surface area (Å²) in [6.07, 6.45) is 0.474. The van der Waals surface area contributed by atoms with Crippen molar-refractivity contribution in [1.82, 2.24) is 0 Å². The lowest BCUT2D eigenvalue weighted by Crippen LogP contribution is -1.94. The number of nitrogens with one attached hydrogen (secondary N) is 1. The molecule has 0 spiro atoms. The number of benzene rings is 2. The number of hydrogen-bond acceptors (Lipinski definition) is 7. The highest BCUT2D eigenvalue weighted by Crippen LogP contribution is 2.32. The summed E-state index contributed by atoms with van der Waals surface area (Å²) in [6, 6.07) is 8.46. The van der Waals surface area contributed by atoms with Crippen LogP contribution in [0.25, 0.3) is 0 Å². The second-order valence-electron chi connectivity index (χ2n) is 4.97. The number of aliphatic hydroxyl groups excluding tert-OH is 1. The normalized spacial score (nSPS) is 10.6. The number of nitrogens with zero attached hydrogens (tertiary/aromatic N) is 4. The van der Waals surface area contributed by atoms with Gasteiger partial charge in [0.2, 0.25) is 0 Å². The SMILES string of the molecule is CNc1cc(CCO)ccc1N=Nc1c(F)cc([N+](=O)[O-])cc1C#N. The fraction of sp³-hybridized carbons (Fsp3) is 0.188. The Labute approximate surface area is 142 Å². The van der Waals surface area contributed by atoms with Crippen molar-refractivity contribution in [3.05, 3.63) is 57.4 Å². The molecule has 2 rings (SSSR count). The van der Waals surface area contributed by atoms with Crippen molar-refractivity contribution < 1.29 is 14.4 Å². The smallest absolute Gasteiger partial charge is 0.273 e. The number of halogens is 1. The topological polar surface area (TPSA) is 124 Å². The Morgan fingerprint density at radius 1 is 1.36 bits per heavy atom. The van der Waals surface area contributed by atoms with Crippen LogP contribution >= 0.6 is 0 Å². The summed E-state index contributed by atoms with van der Waals surface area (Å²) in [5.74, 6) is -1.00. The fourth-order valence-electron chi connectivity index (χ4n) is 2.14. The highest BCUT2D eigenvalue weighted by Gasteiger charge is 2.17. The molecule has 2 aromatic carbocycles. The van der Waals surface area contributed by atoms with Crippen molar-refractivity contribution in [3.63, 3.8) is 0 Å². The van der Waals surface area contributed by atoms with E-state index in [-0.39, 0.29) is 17.9 Å². The Bertz CT molecular complexity index is 877. The van der Waals surface area contributed by atoms with E-state index in [0.717, 1.165) is 11.6 Å². The van der Waals surface area contributed by atoms with Crippen molar-refractivity contribution in [2.24, 2.45) is 10.2 Å². The van der Waals surface area contributed by atoms with Crippen LogP contribution in [0.4, 0.5) is 27.1 Å². The zero-order valence-electron chi connectivity index (χ0n) is 13.2. The first-order valence-electron chi connectivity index (χ1n) is 7.21. The van der Waals surface area contributed by atoms with Gasteiger partial charge in [-0.2, -0.15) is 5.26 Å². The monoisotopic (exact) mass is 343 g/mol. The molecule has 0 fully saturated rings. The van der Waals surface area contributed by atoms with Crippen molar-refractivity contribution in [3.8, 4) is 6.07 Å². The van der Waals surface area contributed by atoms with Crippen LogP contribution in [0.3, 0.4) is 0 Å². The van der Waals surface area contributed by atoms with Gasteiger partial charge >= 0.3 is 0 Å². The Hall–Kier alpha value is -3.38. The molecule has 0 aliphatic carbocycles. The van der Waals surface area contributed by atoms with Crippen LogP contribution in [0.5, 0.6) is 0 Å². The molecule has 0 atom stereocenters. The van der Waals surface area contributed by atoms with Crippen LogP contribution in [-0.2, 0) is 6.42 Å². The lowest BCUT2D eigenvalue weighted by atomic mass is 10.1. The minimum atomic E-state index is -1.00. The van der Waals surface area contributed by atoms with Crippen LogP contribution in [0.2, 0.25) is 0 Å². The van der Waals surface area contributed by atoms with Gasteiger partial charge in [-0.1, -0.05) is 6.07 Å². The van der Waals surface area contributed by atoms with E-state index in [4.69, 9.17) is 10.4 Å². The van der Waals surface area contributed by atoms with Gasteiger partial charge in [-0.15, -0.1) is 10.2 Å². The van der Waals surface area contributed by atoms with Crippen LogP contribution < -0.4 is 5.32 Å². The highest BCUT2D eigenvalue weighted by molar-refractivity contribution is 5.66. The third-order valence-corrected chi connectivity index (χ3v) is 3.37. The molecule has 0 aliphatic heterocycles. The molecule has 0 bridgehead atoms. The van der Waals surface area contributed by atoms with Gasteiger partial charge in [0.15, 0.2) is 5.82 Å².